The lowest BCUT2D eigenvalue weighted by atomic mass is 10.0. The molecule has 0 amide bonds. The van der Waals surface area contributed by atoms with Crippen LogP contribution in [0.1, 0.15) is 34.7 Å². The first-order valence-corrected chi connectivity index (χ1v) is 11.6. The molecule has 0 bridgehead atoms. The Hall–Kier alpha value is -2.96. The van der Waals surface area contributed by atoms with Gasteiger partial charge < -0.3 is 14.6 Å². The van der Waals surface area contributed by atoms with Gasteiger partial charge in [-0.05, 0) is 85.7 Å². The van der Waals surface area contributed by atoms with Crippen LogP contribution in [0, 0.1) is 13.8 Å². The summed E-state index contributed by atoms with van der Waals surface area (Å²) in [6, 6.07) is 24.3. The van der Waals surface area contributed by atoms with Gasteiger partial charge in [0.1, 0.15) is 17.6 Å². The number of halogens is 1. The molecule has 0 radical (unpaired) electrons. The van der Waals surface area contributed by atoms with E-state index in [1.165, 1.54) is 11.1 Å². The first kappa shape index (κ1) is 20.9. The van der Waals surface area contributed by atoms with Crippen molar-refractivity contribution in [2.24, 2.45) is 0 Å². The summed E-state index contributed by atoms with van der Waals surface area (Å²) < 4.78 is 7.46. The molecule has 1 N–H and O–H groups in total. The normalized spacial score (nSPS) is 18.1. The molecule has 1 aliphatic rings. The molecule has 160 valence electrons. The SMILES string of the molecule is Cc1cc(C)cc(N2C(=S)N[C@H](c3ccccn3)[C@@H]2c2ccc(-c3ccc(Br)cc3)o2)c1. The van der Waals surface area contributed by atoms with Crippen molar-refractivity contribution >= 4 is 38.9 Å². The fraction of sp³-hybridized carbons (Fsp3) is 0.154. The van der Waals surface area contributed by atoms with Gasteiger partial charge in [0.25, 0.3) is 0 Å². The second-order valence-corrected chi connectivity index (χ2v) is 9.35. The number of pyridine rings is 1. The van der Waals surface area contributed by atoms with Gasteiger partial charge in [-0.1, -0.05) is 40.2 Å². The summed E-state index contributed by atoms with van der Waals surface area (Å²) in [6.07, 6.45) is 1.81. The minimum Gasteiger partial charge on any atom is -0.459 e. The van der Waals surface area contributed by atoms with E-state index in [-0.39, 0.29) is 12.1 Å². The molecule has 0 aliphatic carbocycles. The maximum Gasteiger partial charge on any atom is 0.174 e. The Morgan fingerprint density at radius 3 is 2.41 bits per heavy atom. The molecular weight excluding hydrogens is 482 g/mol. The molecule has 4 nitrogen and oxygen atoms in total. The Morgan fingerprint density at radius 2 is 1.72 bits per heavy atom. The van der Waals surface area contributed by atoms with Crippen LogP contribution in [-0.2, 0) is 0 Å². The molecule has 2 atom stereocenters. The molecule has 1 aliphatic heterocycles. The summed E-state index contributed by atoms with van der Waals surface area (Å²) in [5.41, 5.74) is 5.38. The van der Waals surface area contributed by atoms with Gasteiger partial charge in [-0.2, -0.15) is 0 Å². The van der Waals surface area contributed by atoms with Gasteiger partial charge in [0, 0.05) is 21.9 Å². The summed E-state index contributed by atoms with van der Waals surface area (Å²) in [5.74, 6) is 1.66. The van der Waals surface area contributed by atoms with E-state index in [1.54, 1.807) is 0 Å². The maximum absolute atomic E-state index is 6.42. The van der Waals surface area contributed by atoms with E-state index in [0.29, 0.717) is 5.11 Å². The van der Waals surface area contributed by atoms with E-state index in [0.717, 1.165) is 32.9 Å². The highest BCUT2D eigenvalue weighted by Gasteiger charge is 2.42. The Bertz CT molecular complexity index is 1250. The number of benzene rings is 2. The Kier molecular flexibility index (Phi) is 5.57. The Labute approximate surface area is 201 Å². The van der Waals surface area contributed by atoms with Crippen molar-refractivity contribution in [2.45, 2.75) is 25.9 Å². The van der Waals surface area contributed by atoms with Gasteiger partial charge in [-0.15, -0.1) is 0 Å². The summed E-state index contributed by atoms with van der Waals surface area (Å²) in [7, 11) is 0. The van der Waals surface area contributed by atoms with E-state index in [1.807, 2.05) is 60.8 Å². The molecule has 4 aromatic rings. The monoisotopic (exact) mass is 503 g/mol. The van der Waals surface area contributed by atoms with Crippen LogP contribution in [0.3, 0.4) is 0 Å². The van der Waals surface area contributed by atoms with E-state index in [4.69, 9.17) is 16.6 Å². The third-order valence-corrected chi connectivity index (χ3v) is 6.47. The average Bonchev–Trinajstić information content (AvgIpc) is 3.39. The number of aryl methyl sites for hydroxylation is 2. The second-order valence-electron chi connectivity index (χ2n) is 8.05. The maximum atomic E-state index is 6.42. The van der Waals surface area contributed by atoms with Gasteiger partial charge in [0.15, 0.2) is 5.11 Å². The quantitative estimate of drug-likeness (QED) is 0.306. The minimum atomic E-state index is -0.164. The van der Waals surface area contributed by atoms with Gasteiger partial charge in [-0.3, -0.25) is 4.98 Å². The number of nitrogens with zero attached hydrogens (tertiary/aromatic N) is 2. The summed E-state index contributed by atoms with van der Waals surface area (Å²) in [5, 5.41) is 4.16. The van der Waals surface area contributed by atoms with E-state index in [2.05, 4.69) is 63.2 Å². The van der Waals surface area contributed by atoms with Gasteiger partial charge >= 0.3 is 0 Å². The third kappa shape index (κ3) is 3.96. The standard InChI is InChI=1S/C26H22BrN3OS/c1-16-13-17(2)15-20(14-16)30-25(24(29-26(30)32)21-5-3-4-12-28-21)23-11-10-22(31-23)18-6-8-19(27)9-7-18/h3-15,24-25H,1-2H3,(H,29,32)/t24-,25+/m1/s1. The molecule has 2 aromatic carbocycles. The van der Waals surface area contributed by atoms with E-state index in [9.17, 15) is 0 Å². The van der Waals surface area contributed by atoms with Gasteiger partial charge in [-0.25, -0.2) is 0 Å². The molecule has 1 fully saturated rings. The van der Waals surface area contributed by atoms with Gasteiger partial charge in [0.2, 0.25) is 0 Å². The largest absolute Gasteiger partial charge is 0.459 e. The fourth-order valence-corrected chi connectivity index (χ4v) is 4.90. The summed E-state index contributed by atoms with van der Waals surface area (Å²) >= 11 is 9.31. The summed E-state index contributed by atoms with van der Waals surface area (Å²) in [6.45, 7) is 4.21. The first-order chi connectivity index (χ1) is 15.5. The molecule has 0 unspecified atom stereocenters. The van der Waals surface area contributed by atoms with Crippen LogP contribution in [0.25, 0.3) is 11.3 Å². The van der Waals surface area contributed by atoms with Crippen molar-refractivity contribution in [1.29, 1.82) is 0 Å². The van der Waals surface area contributed by atoms with Crippen molar-refractivity contribution < 1.29 is 4.42 Å². The molecule has 0 saturated carbocycles. The molecule has 6 heteroatoms. The Balaban J connectivity index is 1.61. The lowest BCUT2D eigenvalue weighted by Crippen LogP contribution is -2.29. The number of aromatic nitrogens is 1. The van der Waals surface area contributed by atoms with Crippen molar-refractivity contribution in [3.63, 3.8) is 0 Å². The van der Waals surface area contributed by atoms with Crippen LogP contribution >= 0.6 is 28.1 Å². The predicted molar refractivity (Wildman–Crippen MR) is 136 cm³/mol. The Morgan fingerprint density at radius 1 is 0.969 bits per heavy atom. The second kappa shape index (κ2) is 8.52. The van der Waals surface area contributed by atoms with Crippen LogP contribution in [0.2, 0.25) is 0 Å². The van der Waals surface area contributed by atoms with Crippen molar-refractivity contribution in [3.05, 3.63) is 106 Å². The smallest absolute Gasteiger partial charge is 0.174 e. The molecular formula is C26H22BrN3OS. The molecule has 2 aromatic heterocycles. The highest BCUT2D eigenvalue weighted by Crippen LogP contribution is 2.43. The van der Waals surface area contributed by atoms with E-state index < -0.39 is 0 Å². The van der Waals surface area contributed by atoms with Crippen LogP contribution in [0.5, 0.6) is 0 Å². The van der Waals surface area contributed by atoms with Crippen LogP contribution < -0.4 is 10.2 Å². The molecule has 1 saturated heterocycles. The van der Waals surface area contributed by atoms with Gasteiger partial charge in [0.05, 0.1) is 11.7 Å². The number of rotatable bonds is 4. The van der Waals surface area contributed by atoms with E-state index >= 15 is 0 Å². The lowest BCUT2D eigenvalue weighted by Gasteiger charge is -2.26. The first-order valence-electron chi connectivity index (χ1n) is 10.4. The van der Waals surface area contributed by atoms with Crippen LogP contribution in [0.4, 0.5) is 5.69 Å². The third-order valence-electron chi connectivity index (χ3n) is 5.63. The lowest BCUT2D eigenvalue weighted by molar-refractivity contribution is 0.439. The fourth-order valence-electron chi connectivity index (χ4n) is 4.29. The molecule has 0 spiro atoms. The number of hydrogen-bond donors (Lipinski definition) is 1. The molecule has 5 rings (SSSR count). The highest BCUT2D eigenvalue weighted by atomic mass is 79.9. The average molecular weight is 504 g/mol. The minimum absolute atomic E-state index is 0.131. The van der Waals surface area contributed by atoms with Crippen LogP contribution in [0.15, 0.2) is 87.9 Å². The number of hydrogen-bond acceptors (Lipinski definition) is 3. The number of anilines is 1. The summed E-state index contributed by atoms with van der Waals surface area (Å²) in [4.78, 5) is 6.76. The van der Waals surface area contributed by atoms with Crippen molar-refractivity contribution in [3.8, 4) is 11.3 Å². The number of nitrogens with one attached hydrogen (secondary N) is 1. The topological polar surface area (TPSA) is 41.3 Å². The zero-order valence-corrected chi connectivity index (χ0v) is 20.2. The van der Waals surface area contributed by atoms with Crippen LogP contribution in [-0.4, -0.2) is 10.1 Å². The molecule has 32 heavy (non-hydrogen) atoms. The predicted octanol–water partition coefficient (Wildman–Crippen LogP) is 6.90. The zero-order chi connectivity index (χ0) is 22.2. The number of thiocarbonyl (C=S) groups is 1. The van der Waals surface area contributed by atoms with Crippen molar-refractivity contribution in [1.82, 2.24) is 10.3 Å². The molecule has 3 heterocycles. The number of furan rings is 1. The highest BCUT2D eigenvalue weighted by molar-refractivity contribution is 9.10. The zero-order valence-electron chi connectivity index (χ0n) is 17.7. The van der Waals surface area contributed by atoms with Crippen molar-refractivity contribution in [2.75, 3.05) is 4.90 Å².